The van der Waals surface area contributed by atoms with Crippen LogP contribution in [0.15, 0.2) is 0 Å². The summed E-state index contributed by atoms with van der Waals surface area (Å²) < 4.78 is 6.05. The first-order valence-corrected chi connectivity index (χ1v) is 6.08. The Morgan fingerprint density at radius 1 is 1.36 bits per heavy atom. The van der Waals surface area contributed by atoms with E-state index in [1.807, 2.05) is 0 Å². The van der Waals surface area contributed by atoms with Gasteiger partial charge in [0.25, 0.3) is 0 Å². The Bertz CT molecular complexity index is 185. The molecule has 14 heavy (non-hydrogen) atoms. The summed E-state index contributed by atoms with van der Waals surface area (Å²) in [5.41, 5.74) is 0.259. The SMILES string of the molecule is CC(C)CC1CCOC12CCNCC2. The van der Waals surface area contributed by atoms with E-state index in [1.54, 1.807) is 0 Å². The van der Waals surface area contributed by atoms with Crippen LogP contribution >= 0.6 is 0 Å². The molecule has 2 aliphatic rings. The molecule has 0 bridgehead atoms. The van der Waals surface area contributed by atoms with E-state index in [0.717, 1.165) is 31.5 Å². The zero-order valence-electron chi connectivity index (χ0n) is 9.51. The normalized spacial score (nSPS) is 31.5. The molecule has 0 aromatic rings. The van der Waals surface area contributed by atoms with Gasteiger partial charge in [-0.15, -0.1) is 0 Å². The van der Waals surface area contributed by atoms with E-state index in [0.29, 0.717) is 0 Å². The van der Waals surface area contributed by atoms with Gasteiger partial charge < -0.3 is 10.1 Å². The summed E-state index contributed by atoms with van der Waals surface area (Å²) in [6, 6.07) is 0. The molecule has 2 aliphatic heterocycles. The van der Waals surface area contributed by atoms with Crippen LogP contribution in [-0.2, 0) is 4.74 Å². The predicted molar refractivity (Wildman–Crippen MR) is 58.3 cm³/mol. The maximum absolute atomic E-state index is 6.05. The third-order valence-corrected chi connectivity index (χ3v) is 3.81. The van der Waals surface area contributed by atoms with Crippen LogP contribution in [0, 0.1) is 11.8 Å². The zero-order valence-corrected chi connectivity index (χ0v) is 9.51. The van der Waals surface area contributed by atoms with Gasteiger partial charge in [-0.1, -0.05) is 13.8 Å². The van der Waals surface area contributed by atoms with Crippen molar-refractivity contribution in [2.75, 3.05) is 19.7 Å². The standard InChI is InChI=1S/C12H23NO/c1-10(2)9-11-3-8-14-12(11)4-6-13-7-5-12/h10-11,13H,3-9H2,1-2H3. The average Bonchev–Trinajstić information content (AvgIpc) is 2.50. The largest absolute Gasteiger partial charge is 0.375 e. The smallest absolute Gasteiger partial charge is 0.0735 e. The lowest BCUT2D eigenvalue weighted by Gasteiger charge is -2.38. The Labute approximate surface area is 87.4 Å². The van der Waals surface area contributed by atoms with Crippen molar-refractivity contribution < 1.29 is 4.74 Å². The Balaban J connectivity index is 2.00. The van der Waals surface area contributed by atoms with Gasteiger partial charge in [0, 0.05) is 6.61 Å². The summed E-state index contributed by atoms with van der Waals surface area (Å²) in [4.78, 5) is 0. The highest BCUT2D eigenvalue weighted by molar-refractivity contribution is 4.96. The van der Waals surface area contributed by atoms with E-state index in [2.05, 4.69) is 19.2 Å². The molecule has 0 radical (unpaired) electrons. The quantitative estimate of drug-likeness (QED) is 0.732. The Morgan fingerprint density at radius 2 is 2.07 bits per heavy atom. The van der Waals surface area contributed by atoms with Crippen molar-refractivity contribution in [3.05, 3.63) is 0 Å². The van der Waals surface area contributed by atoms with E-state index in [1.165, 1.54) is 25.7 Å². The van der Waals surface area contributed by atoms with Crippen LogP contribution in [0.3, 0.4) is 0 Å². The molecule has 0 aromatic carbocycles. The van der Waals surface area contributed by atoms with Gasteiger partial charge in [0.1, 0.15) is 0 Å². The molecule has 2 rings (SSSR count). The molecule has 1 unspecified atom stereocenters. The fourth-order valence-electron chi connectivity index (χ4n) is 3.09. The van der Waals surface area contributed by atoms with Crippen LogP contribution in [0.25, 0.3) is 0 Å². The third-order valence-electron chi connectivity index (χ3n) is 3.81. The molecule has 0 amide bonds. The molecule has 82 valence electrons. The van der Waals surface area contributed by atoms with Crippen molar-refractivity contribution in [3.63, 3.8) is 0 Å². The van der Waals surface area contributed by atoms with Crippen molar-refractivity contribution in [3.8, 4) is 0 Å². The fourth-order valence-corrected chi connectivity index (χ4v) is 3.09. The predicted octanol–water partition coefficient (Wildman–Crippen LogP) is 2.19. The molecule has 2 heteroatoms. The summed E-state index contributed by atoms with van der Waals surface area (Å²) in [5, 5.41) is 3.43. The highest BCUT2D eigenvalue weighted by atomic mass is 16.5. The van der Waals surface area contributed by atoms with Crippen LogP contribution in [-0.4, -0.2) is 25.3 Å². The minimum absolute atomic E-state index is 0.259. The minimum atomic E-state index is 0.259. The molecule has 0 aromatic heterocycles. The number of nitrogens with one attached hydrogen (secondary N) is 1. The highest BCUT2D eigenvalue weighted by Crippen LogP contribution is 2.42. The average molecular weight is 197 g/mol. The molecule has 2 nitrogen and oxygen atoms in total. The van der Waals surface area contributed by atoms with Gasteiger partial charge in [0.2, 0.25) is 0 Å². The lowest BCUT2D eigenvalue weighted by atomic mass is 9.76. The monoisotopic (exact) mass is 197 g/mol. The maximum atomic E-state index is 6.05. The van der Waals surface area contributed by atoms with Gasteiger partial charge in [-0.2, -0.15) is 0 Å². The lowest BCUT2D eigenvalue weighted by Crippen LogP contribution is -2.46. The van der Waals surface area contributed by atoms with Crippen molar-refractivity contribution in [1.29, 1.82) is 0 Å². The summed E-state index contributed by atoms with van der Waals surface area (Å²) in [7, 11) is 0. The van der Waals surface area contributed by atoms with Gasteiger partial charge >= 0.3 is 0 Å². The molecule has 2 fully saturated rings. The van der Waals surface area contributed by atoms with Crippen molar-refractivity contribution in [1.82, 2.24) is 5.32 Å². The molecule has 1 atom stereocenters. The van der Waals surface area contributed by atoms with Crippen molar-refractivity contribution in [2.45, 2.75) is 45.1 Å². The number of piperidine rings is 1. The molecule has 1 N–H and O–H groups in total. The zero-order chi connectivity index (χ0) is 10.0. The van der Waals surface area contributed by atoms with E-state index < -0.39 is 0 Å². The third kappa shape index (κ3) is 1.96. The Morgan fingerprint density at radius 3 is 2.71 bits per heavy atom. The Hall–Kier alpha value is -0.0800. The van der Waals surface area contributed by atoms with Crippen LogP contribution in [0.5, 0.6) is 0 Å². The summed E-state index contributed by atoms with van der Waals surface area (Å²) >= 11 is 0. The van der Waals surface area contributed by atoms with Gasteiger partial charge in [-0.05, 0) is 50.6 Å². The number of ether oxygens (including phenoxy) is 1. The summed E-state index contributed by atoms with van der Waals surface area (Å²) in [5.74, 6) is 1.64. The van der Waals surface area contributed by atoms with E-state index in [-0.39, 0.29) is 5.60 Å². The van der Waals surface area contributed by atoms with Crippen LogP contribution in [0.4, 0.5) is 0 Å². The lowest BCUT2D eigenvalue weighted by molar-refractivity contribution is -0.0484. The van der Waals surface area contributed by atoms with E-state index in [9.17, 15) is 0 Å². The van der Waals surface area contributed by atoms with Crippen molar-refractivity contribution in [2.24, 2.45) is 11.8 Å². The number of hydrogen-bond acceptors (Lipinski definition) is 2. The molecule has 2 saturated heterocycles. The molecule has 0 saturated carbocycles. The van der Waals surface area contributed by atoms with Crippen LogP contribution in [0.1, 0.15) is 39.5 Å². The first kappa shape index (κ1) is 10.4. The maximum Gasteiger partial charge on any atom is 0.0735 e. The summed E-state index contributed by atoms with van der Waals surface area (Å²) in [6.45, 7) is 7.95. The minimum Gasteiger partial charge on any atom is -0.375 e. The van der Waals surface area contributed by atoms with Crippen LogP contribution in [0.2, 0.25) is 0 Å². The van der Waals surface area contributed by atoms with Gasteiger partial charge in [0.15, 0.2) is 0 Å². The molecular weight excluding hydrogens is 174 g/mol. The second kappa shape index (κ2) is 4.19. The molecule has 1 spiro atoms. The van der Waals surface area contributed by atoms with Crippen molar-refractivity contribution >= 4 is 0 Å². The number of hydrogen-bond donors (Lipinski definition) is 1. The first-order chi connectivity index (χ1) is 6.73. The van der Waals surface area contributed by atoms with Gasteiger partial charge in [-0.25, -0.2) is 0 Å². The molecule has 0 aliphatic carbocycles. The Kier molecular flexibility index (Phi) is 3.13. The first-order valence-electron chi connectivity index (χ1n) is 6.08. The van der Waals surface area contributed by atoms with E-state index >= 15 is 0 Å². The summed E-state index contributed by atoms with van der Waals surface area (Å²) in [6.07, 6.45) is 5.09. The van der Waals surface area contributed by atoms with Crippen LogP contribution < -0.4 is 5.32 Å². The van der Waals surface area contributed by atoms with Gasteiger partial charge in [-0.3, -0.25) is 0 Å². The van der Waals surface area contributed by atoms with E-state index in [4.69, 9.17) is 4.74 Å². The molecular formula is C12H23NO. The van der Waals surface area contributed by atoms with Gasteiger partial charge in [0.05, 0.1) is 5.60 Å². The topological polar surface area (TPSA) is 21.3 Å². The number of rotatable bonds is 2. The second-order valence-corrected chi connectivity index (χ2v) is 5.28. The second-order valence-electron chi connectivity index (χ2n) is 5.28. The highest BCUT2D eigenvalue weighted by Gasteiger charge is 2.44. The molecule has 2 heterocycles. The fraction of sp³-hybridized carbons (Fsp3) is 1.00.